The van der Waals surface area contributed by atoms with E-state index in [0.717, 1.165) is 11.1 Å². The van der Waals surface area contributed by atoms with Gasteiger partial charge in [-0.25, -0.2) is 4.98 Å². The predicted molar refractivity (Wildman–Crippen MR) is 120 cm³/mol. The summed E-state index contributed by atoms with van der Waals surface area (Å²) in [7, 11) is 0. The van der Waals surface area contributed by atoms with E-state index < -0.39 is 5.91 Å². The van der Waals surface area contributed by atoms with Crippen molar-refractivity contribution in [3.05, 3.63) is 112 Å². The second kappa shape index (κ2) is 8.93. The van der Waals surface area contributed by atoms with Gasteiger partial charge in [-0.1, -0.05) is 72.3 Å². The lowest BCUT2D eigenvalue weighted by molar-refractivity contribution is -0.703. The number of primary amides is 1. The van der Waals surface area contributed by atoms with Crippen LogP contribution in [-0.2, 0) is 17.9 Å². The number of nitrogens with zero attached hydrogens (tertiary/aromatic N) is 2. The molecule has 1 atom stereocenters. The van der Waals surface area contributed by atoms with Crippen LogP contribution in [0, 0.1) is 6.92 Å². The van der Waals surface area contributed by atoms with Crippen molar-refractivity contribution in [2.75, 3.05) is 0 Å². The molecule has 0 aliphatic carbocycles. The summed E-state index contributed by atoms with van der Waals surface area (Å²) in [5, 5.41) is 2.61. The SMILES string of the molecule is Cc1ccc([C@H]([NH2+]Cc2nc3ccccc3c(=O)n2CC(N)=O)c2ccccc2)cc1. The Labute approximate surface area is 180 Å². The third-order valence-electron chi connectivity index (χ3n) is 5.39. The molecule has 156 valence electrons. The molecule has 0 saturated carbocycles. The van der Waals surface area contributed by atoms with E-state index in [0.29, 0.717) is 23.3 Å². The largest absolute Gasteiger partial charge is 0.368 e. The van der Waals surface area contributed by atoms with Crippen LogP contribution < -0.4 is 16.6 Å². The number of amides is 1. The molecule has 0 aliphatic heterocycles. The van der Waals surface area contributed by atoms with E-state index in [-0.39, 0.29) is 18.1 Å². The third-order valence-corrected chi connectivity index (χ3v) is 5.39. The lowest BCUT2D eigenvalue weighted by Crippen LogP contribution is -2.84. The van der Waals surface area contributed by atoms with Gasteiger partial charge in [-0.15, -0.1) is 0 Å². The molecule has 1 aromatic heterocycles. The first-order valence-corrected chi connectivity index (χ1v) is 10.2. The third kappa shape index (κ3) is 4.54. The molecule has 0 bridgehead atoms. The van der Waals surface area contributed by atoms with Gasteiger partial charge in [0.25, 0.3) is 5.56 Å². The summed E-state index contributed by atoms with van der Waals surface area (Å²) in [4.78, 5) is 29.3. The molecular weight excluding hydrogens is 388 g/mol. The van der Waals surface area contributed by atoms with Crippen molar-refractivity contribution in [1.82, 2.24) is 9.55 Å². The smallest absolute Gasteiger partial charge is 0.262 e. The molecule has 31 heavy (non-hydrogen) atoms. The number of aromatic nitrogens is 2. The summed E-state index contributed by atoms with van der Waals surface area (Å²) in [5.41, 5.74) is 9.28. The van der Waals surface area contributed by atoms with Crippen molar-refractivity contribution >= 4 is 16.8 Å². The van der Waals surface area contributed by atoms with Gasteiger partial charge in [-0.3, -0.25) is 14.2 Å². The van der Waals surface area contributed by atoms with Crippen LogP contribution in [0.25, 0.3) is 10.9 Å². The molecule has 6 heteroatoms. The van der Waals surface area contributed by atoms with Gasteiger partial charge >= 0.3 is 0 Å². The fraction of sp³-hybridized carbons (Fsp3) is 0.160. The normalized spacial score (nSPS) is 12.0. The number of fused-ring (bicyclic) bond motifs is 1. The number of rotatable bonds is 7. The highest BCUT2D eigenvalue weighted by atomic mass is 16.2. The average molecular weight is 414 g/mol. The molecule has 4 N–H and O–H groups in total. The van der Waals surface area contributed by atoms with Crippen LogP contribution in [-0.4, -0.2) is 15.5 Å². The predicted octanol–water partition coefficient (Wildman–Crippen LogP) is 2.04. The Morgan fingerprint density at radius 3 is 2.32 bits per heavy atom. The second-order valence-corrected chi connectivity index (χ2v) is 7.64. The molecule has 0 fully saturated rings. The lowest BCUT2D eigenvalue weighted by Gasteiger charge is -2.18. The molecule has 6 nitrogen and oxygen atoms in total. The number of para-hydroxylation sites is 1. The Kier molecular flexibility index (Phi) is 5.91. The maximum atomic E-state index is 13.0. The molecule has 0 unspecified atom stereocenters. The summed E-state index contributed by atoms with van der Waals surface area (Å²) >= 11 is 0. The summed E-state index contributed by atoms with van der Waals surface area (Å²) in [6.45, 7) is 2.29. The first-order valence-electron chi connectivity index (χ1n) is 10.2. The number of hydrogen-bond donors (Lipinski definition) is 2. The van der Waals surface area contributed by atoms with Crippen molar-refractivity contribution in [3.63, 3.8) is 0 Å². The first-order chi connectivity index (χ1) is 15.0. The van der Waals surface area contributed by atoms with E-state index in [2.05, 4.69) is 53.6 Å². The van der Waals surface area contributed by atoms with Gasteiger partial charge in [0.15, 0.2) is 5.82 Å². The summed E-state index contributed by atoms with van der Waals surface area (Å²) in [5.74, 6) is -0.0471. The van der Waals surface area contributed by atoms with Crippen LogP contribution >= 0.6 is 0 Å². The fourth-order valence-corrected chi connectivity index (χ4v) is 3.81. The maximum absolute atomic E-state index is 13.0. The molecule has 3 aromatic carbocycles. The topological polar surface area (TPSA) is 94.6 Å². The maximum Gasteiger partial charge on any atom is 0.262 e. The molecule has 0 aliphatic rings. The standard InChI is InChI=1S/C25H24N4O2/c1-17-11-13-19(14-12-17)24(18-7-3-2-4-8-18)27-15-23-28-21-10-6-5-9-20(21)25(31)29(23)16-22(26)30/h2-14,24,27H,15-16H2,1H3,(H2,26,30)/p+1/t24-/m1/s1. The van der Waals surface area contributed by atoms with Crippen LogP contribution in [0.5, 0.6) is 0 Å². The van der Waals surface area contributed by atoms with Crippen molar-refractivity contribution in [3.8, 4) is 0 Å². The van der Waals surface area contributed by atoms with E-state index in [1.54, 1.807) is 12.1 Å². The molecule has 0 spiro atoms. The minimum Gasteiger partial charge on any atom is -0.368 e. The average Bonchev–Trinajstić information content (AvgIpc) is 2.78. The number of aryl methyl sites for hydroxylation is 1. The number of hydrogen-bond acceptors (Lipinski definition) is 3. The molecular formula is C25H25N4O2+. The zero-order valence-electron chi connectivity index (χ0n) is 17.4. The number of nitrogens with two attached hydrogens (primary N) is 2. The minimum atomic E-state index is -0.571. The highest BCUT2D eigenvalue weighted by molar-refractivity contribution is 5.78. The zero-order valence-corrected chi connectivity index (χ0v) is 17.4. The number of carbonyl (C=O) groups excluding carboxylic acids is 1. The Balaban J connectivity index is 1.73. The van der Waals surface area contributed by atoms with E-state index in [4.69, 9.17) is 5.73 Å². The van der Waals surface area contributed by atoms with Crippen molar-refractivity contribution in [2.45, 2.75) is 26.1 Å². The second-order valence-electron chi connectivity index (χ2n) is 7.64. The van der Waals surface area contributed by atoms with E-state index in [1.165, 1.54) is 10.1 Å². The number of benzene rings is 3. The summed E-state index contributed by atoms with van der Waals surface area (Å²) in [6.07, 6.45) is 0. The van der Waals surface area contributed by atoms with Gasteiger partial charge in [0.2, 0.25) is 5.91 Å². The van der Waals surface area contributed by atoms with Gasteiger partial charge in [0, 0.05) is 11.1 Å². The monoisotopic (exact) mass is 413 g/mol. The van der Waals surface area contributed by atoms with Gasteiger partial charge < -0.3 is 11.1 Å². The van der Waals surface area contributed by atoms with E-state index >= 15 is 0 Å². The molecule has 1 amide bonds. The molecule has 4 rings (SSSR count). The lowest BCUT2D eigenvalue weighted by atomic mass is 9.98. The van der Waals surface area contributed by atoms with Crippen LogP contribution in [0.4, 0.5) is 0 Å². The number of quaternary nitrogens is 1. The van der Waals surface area contributed by atoms with Crippen molar-refractivity contribution in [1.29, 1.82) is 0 Å². The van der Waals surface area contributed by atoms with Gasteiger partial charge in [0.05, 0.1) is 10.9 Å². The highest BCUT2D eigenvalue weighted by Gasteiger charge is 2.20. The van der Waals surface area contributed by atoms with Gasteiger partial charge in [-0.2, -0.15) is 0 Å². The minimum absolute atomic E-state index is 0.0206. The molecule has 1 heterocycles. The fourth-order valence-electron chi connectivity index (χ4n) is 3.81. The quantitative estimate of drug-likeness (QED) is 0.485. The van der Waals surface area contributed by atoms with E-state index in [9.17, 15) is 9.59 Å². The van der Waals surface area contributed by atoms with Gasteiger partial charge in [-0.05, 0) is 19.1 Å². The Morgan fingerprint density at radius 2 is 1.61 bits per heavy atom. The zero-order chi connectivity index (χ0) is 21.8. The molecule has 0 saturated heterocycles. The Bertz CT molecular complexity index is 1260. The Morgan fingerprint density at radius 1 is 0.968 bits per heavy atom. The summed E-state index contributed by atoms with van der Waals surface area (Å²) < 4.78 is 1.39. The van der Waals surface area contributed by atoms with Crippen LogP contribution in [0.2, 0.25) is 0 Å². The number of carbonyl (C=O) groups is 1. The van der Waals surface area contributed by atoms with Gasteiger partial charge in [0.1, 0.15) is 19.1 Å². The van der Waals surface area contributed by atoms with Crippen LogP contribution in [0.15, 0.2) is 83.7 Å². The van der Waals surface area contributed by atoms with Crippen LogP contribution in [0.1, 0.15) is 28.6 Å². The highest BCUT2D eigenvalue weighted by Crippen LogP contribution is 2.19. The van der Waals surface area contributed by atoms with E-state index in [1.807, 2.05) is 30.3 Å². The van der Waals surface area contributed by atoms with Crippen molar-refractivity contribution < 1.29 is 10.1 Å². The molecule has 0 radical (unpaired) electrons. The van der Waals surface area contributed by atoms with Crippen LogP contribution in [0.3, 0.4) is 0 Å². The van der Waals surface area contributed by atoms with Crippen molar-refractivity contribution in [2.24, 2.45) is 5.73 Å². The Hall–Kier alpha value is -3.77. The summed E-state index contributed by atoms with van der Waals surface area (Å²) in [6, 6.07) is 25.8. The first kappa shape index (κ1) is 20.5. The molecule has 4 aromatic rings.